The highest BCUT2D eigenvalue weighted by Crippen LogP contribution is 2.34. The van der Waals surface area contributed by atoms with Crippen LogP contribution in [0.1, 0.15) is 36.2 Å². The molecule has 0 radical (unpaired) electrons. The third-order valence-corrected chi connectivity index (χ3v) is 6.91. The molecule has 4 rings (SSSR count). The highest BCUT2D eigenvalue weighted by atomic mass is 35.5. The third-order valence-electron chi connectivity index (χ3n) is 6.24. The van der Waals surface area contributed by atoms with E-state index in [1.54, 1.807) is 12.1 Å². The van der Waals surface area contributed by atoms with Crippen molar-refractivity contribution in [3.8, 4) is 0 Å². The molecule has 1 aliphatic carbocycles. The molecule has 0 unspecified atom stereocenters. The second kappa shape index (κ2) is 10.5. The standard InChI is InChI=1S/C23H30ClN5O3S/c24-15-5-1-3-13-10-18(27-19(13)15)23(32)29-17(9-12-6-7-12)22(31)28-16(20(25)33)11-14-4-2-8-26-21(14)30/h1-5,10,12,14,16-17,20-21,26-27,30,33H,6-9,11,25H2,(H,28,31)(H,29,32)/t14-,16-,17-,20-,21+/m0/s1. The summed E-state index contributed by atoms with van der Waals surface area (Å²) in [5.41, 5.74) is 7.05. The molecule has 2 aromatic rings. The Labute approximate surface area is 203 Å². The number of amides is 2. The molecule has 2 heterocycles. The number of nitrogens with one attached hydrogen (secondary N) is 4. The van der Waals surface area contributed by atoms with Crippen molar-refractivity contribution in [2.24, 2.45) is 17.6 Å². The minimum absolute atomic E-state index is 0.199. The fraction of sp³-hybridized carbons (Fsp3) is 0.478. The van der Waals surface area contributed by atoms with E-state index in [0.29, 0.717) is 41.5 Å². The normalized spacial score (nSPS) is 23.2. The molecule has 1 aromatic heterocycles. The van der Waals surface area contributed by atoms with Crippen molar-refractivity contribution in [1.82, 2.24) is 20.9 Å². The maximum absolute atomic E-state index is 13.2. The maximum atomic E-state index is 13.2. The van der Waals surface area contributed by atoms with Crippen LogP contribution in [0, 0.1) is 11.8 Å². The minimum atomic E-state index is -0.711. The lowest BCUT2D eigenvalue weighted by molar-refractivity contribution is -0.124. The van der Waals surface area contributed by atoms with Crippen LogP contribution in [0.15, 0.2) is 36.4 Å². The molecular weight excluding hydrogens is 462 g/mol. The SMILES string of the molecule is N[C@@H](S)[C@H](C[C@@H]1C=CCN[C@@H]1O)NC(=O)[C@H](CC1CC1)NC(=O)c1cc2cccc(Cl)c2[nH]1. The molecule has 7 N–H and O–H groups in total. The molecule has 33 heavy (non-hydrogen) atoms. The van der Waals surface area contributed by atoms with Gasteiger partial charge in [0, 0.05) is 17.8 Å². The number of hydrogen-bond donors (Lipinski definition) is 7. The van der Waals surface area contributed by atoms with Crippen LogP contribution in [0.2, 0.25) is 5.02 Å². The van der Waals surface area contributed by atoms with E-state index in [9.17, 15) is 14.7 Å². The summed E-state index contributed by atoms with van der Waals surface area (Å²) in [7, 11) is 0. The van der Waals surface area contributed by atoms with E-state index in [4.69, 9.17) is 17.3 Å². The third kappa shape index (κ3) is 6.10. The number of aromatic nitrogens is 1. The molecule has 2 aliphatic rings. The van der Waals surface area contributed by atoms with Crippen LogP contribution in [0.5, 0.6) is 0 Å². The van der Waals surface area contributed by atoms with Crippen molar-refractivity contribution in [3.05, 3.63) is 47.1 Å². The molecule has 1 aromatic carbocycles. The Balaban J connectivity index is 1.45. The number of aliphatic hydroxyl groups is 1. The monoisotopic (exact) mass is 491 g/mol. The molecule has 1 fully saturated rings. The van der Waals surface area contributed by atoms with Crippen molar-refractivity contribution < 1.29 is 14.7 Å². The first-order valence-corrected chi connectivity index (χ1v) is 12.1. The number of thiol groups is 1. The summed E-state index contributed by atoms with van der Waals surface area (Å²) in [5, 5.41) is 19.7. The number of nitrogens with two attached hydrogens (primary N) is 1. The number of hydrogen-bond acceptors (Lipinski definition) is 6. The molecular formula is C23H30ClN5O3S. The zero-order valence-corrected chi connectivity index (χ0v) is 19.8. The summed E-state index contributed by atoms with van der Waals surface area (Å²) in [6, 6.07) is 5.98. The average Bonchev–Trinajstić information content (AvgIpc) is 3.48. The van der Waals surface area contributed by atoms with Gasteiger partial charge in [0.15, 0.2) is 0 Å². The van der Waals surface area contributed by atoms with Crippen LogP contribution in [0.3, 0.4) is 0 Å². The Hall–Kier alpha value is -2.04. The molecule has 0 bridgehead atoms. The first kappa shape index (κ1) is 24.1. The van der Waals surface area contributed by atoms with Gasteiger partial charge in [0.1, 0.15) is 18.0 Å². The predicted octanol–water partition coefficient (Wildman–Crippen LogP) is 1.90. The summed E-state index contributed by atoms with van der Waals surface area (Å²) in [6.07, 6.45) is 6.21. The summed E-state index contributed by atoms with van der Waals surface area (Å²) < 4.78 is 0. The van der Waals surface area contributed by atoms with Crippen LogP contribution in [-0.4, -0.2) is 52.1 Å². The topological polar surface area (TPSA) is 132 Å². The van der Waals surface area contributed by atoms with E-state index in [2.05, 4.69) is 33.6 Å². The number of aromatic amines is 1. The van der Waals surface area contributed by atoms with E-state index in [1.165, 1.54) is 0 Å². The fourth-order valence-corrected chi connectivity index (χ4v) is 4.58. The van der Waals surface area contributed by atoms with Gasteiger partial charge in [0.25, 0.3) is 5.91 Å². The Bertz CT molecular complexity index is 1040. The molecule has 1 aliphatic heterocycles. The summed E-state index contributed by atoms with van der Waals surface area (Å²) in [6.45, 7) is 0.593. The quantitative estimate of drug-likeness (QED) is 0.163. The van der Waals surface area contributed by atoms with Gasteiger partial charge < -0.3 is 26.5 Å². The lowest BCUT2D eigenvalue weighted by Crippen LogP contribution is -2.54. The number of halogens is 1. The van der Waals surface area contributed by atoms with Gasteiger partial charge in [0.2, 0.25) is 5.91 Å². The number of carbonyl (C=O) groups is 2. The molecule has 178 valence electrons. The van der Waals surface area contributed by atoms with Crippen molar-refractivity contribution >= 4 is 46.9 Å². The minimum Gasteiger partial charge on any atom is -0.378 e. The summed E-state index contributed by atoms with van der Waals surface area (Å²) >= 11 is 10.6. The first-order chi connectivity index (χ1) is 15.8. The Morgan fingerprint density at radius 1 is 1.27 bits per heavy atom. The summed E-state index contributed by atoms with van der Waals surface area (Å²) in [4.78, 5) is 29.2. The maximum Gasteiger partial charge on any atom is 0.268 e. The zero-order chi connectivity index (χ0) is 23.5. The lowest BCUT2D eigenvalue weighted by atomic mass is 9.95. The molecule has 5 atom stereocenters. The second-order valence-corrected chi connectivity index (χ2v) is 9.88. The van der Waals surface area contributed by atoms with Crippen molar-refractivity contribution in [2.45, 2.75) is 49.4 Å². The number of H-pyrrole nitrogens is 1. The van der Waals surface area contributed by atoms with Gasteiger partial charge in [-0.1, -0.05) is 48.7 Å². The van der Waals surface area contributed by atoms with Crippen molar-refractivity contribution in [3.63, 3.8) is 0 Å². The van der Waals surface area contributed by atoms with E-state index >= 15 is 0 Å². The molecule has 8 nitrogen and oxygen atoms in total. The Kier molecular flexibility index (Phi) is 7.65. The van der Waals surface area contributed by atoms with Crippen LogP contribution >= 0.6 is 24.2 Å². The fourth-order valence-electron chi connectivity index (χ4n) is 4.15. The number of aliphatic hydroxyl groups excluding tert-OH is 1. The highest BCUT2D eigenvalue weighted by molar-refractivity contribution is 7.80. The number of benzene rings is 1. The second-order valence-electron chi connectivity index (χ2n) is 8.88. The van der Waals surface area contributed by atoms with E-state index in [-0.39, 0.29) is 17.7 Å². The van der Waals surface area contributed by atoms with Crippen LogP contribution in [0.25, 0.3) is 10.9 Å². The van der Waals surface area contributed by atoms with Gasteiger partial charge in [-0.3, -0.25) is 14.9 Å². The van der Waals surface area contributed by atoms with Crippen LogP contribution in [-0.2, 0) is 4.79 Å². The first-order valence-electron chi connectivity index (χ1n) is 11.2. The average molecular weight is 492 g/mol. The Morgan fingerprint density at radius 2 is 2.06 bits per heavy atom. The van der Waals surface area contributed by atoms with Crippen LogP contribution < -0.4 is 21.7 Å². The van der Waals surface area contributed by atoms with Gasteiger partial charge >= 0.3 is 0 Å². The van der Waals surface area contributed by atoms with Gasteiger partial charge in [-0.05, 0) is 30.9 Å². The van der Waals surface area contributed by atoms with E-state index < -0.39 is 23.7 Å². The highest BCUT2D eigenvalue weighted by Gasteiger charge is 2.33. The number of carbonyl (C=O) groups excluding carboxylic acids is 2. The molecule has 10 heteroatoms. The van der Waals surface area contributed by atoms with E-state index in [0.717, 1.165) is 18.2 Å². The molecule has 0 spiro atoms. The van der Waals surface area contributed by atoms with Crippen molar-refractivity contribution in [2.75, 3.05) is 6.54 Å². The predicted molar refractivity (Wildman–Crippen MR) is 132 cm³/mol. The Morgan fingerprint density at radius 3 is 2.73 bits per heavy atom. The van der Waals surface area contributed by atoms with E-state index in [1.807, 2.05) is 24.3 Å². The van der Waals surface area contributed by atoms with Crippen molar-refractivity contribution in [1.29, 1.82) is 0 Å². The number of fused-ring (bicyclic) bond motifs is 1. The van der Waals surface area contributed by atoms with Gasteiger partial charge in [0.05, 0.1) is 22.0 Å². The zero-order valence-electron chi connectivity index (χ0n) is 18.1. The molecule has 1 saturated carbocycles. The molecule has 2 amide bonds. The van der Waals surface area contributed by atoms with Gasteiger partial charge in [-0.15, -0.1) is 0 Å². The molecule has 0 saturated heterocycles. The van der Waals surface area contributed by atoms with Crippen LogP contribution in [0.4, 0.5) is 0 Å². The number of para-hydroxylation sites is 1. The lowest BCUT2D eigenvalue weighted by Gasteiger charge is -2.31. The smallest absolute Gasteiger partial charge is 0.268 e. The van der Waals surface area contributed by atoms with Gasteiger partial charge in [-0.25, -0.2) is 0 Å². The largest absolute Gasteiger partial charge is 0.378 e. The summed E-state index contributed by atoms with van der Waals surface area (Å²) in [5.74, 6) is -0.464. The number of rotatable bonds is 9. The van der Waals surface area contributed by atoms with Gasteiger partial charge in [-0.2, -0.15) is 12.6 Å².